The molecule has 2 aliphatic heterocycles. The van der Waals surface area contributed by atoms with Crippen molar-refractivity contribution in [1.82, 2.24) is 4.90 Å². The van der Waals surface area contributed by atoms with E-state index < -0.39 is 5.97 Å². The number of hydrogen-bond donors (Lipinski definition) is 1. The predicted octanol–water partition coefficient (Wildman–Crippen LogP) is 4.99. The number of carbonyl (C=O) groups is 4. The average molecular weight is 511 g/mol. The van der Waals surface area contributed by atoms with E-state index in [0.717, 1.165) is 27.8 Å². The van der Waals surface area contributed by atoms with Gasteiger partial charge in [0.2, 0.25) is 0 Å². The highest BCUT2D eigenvalue weighted by molar-refractivity contribution is 8.26. The van der Waals surface area contributed by atoms with Crippen molar-refractivity contribution in [2.45, 2.75) is 12.8 Å². The number of rotatable bonds is 7. The molecule has 2 aliphatic rings. The summed E-state index contributed by atoms with van der Waals surface area (Å²) in [5.41, 5.74) is 2.06. The fraction of sp³-hybridized carbons (Fsp3) is 0.125. The Balaban J connectivity index is 1.45. The number of thiocarbonyl (C=S) groups is 1. The second-order valence-corrected chi connectivity index (χ2v) is 10.0. The molecule has 10 heteroatoms. The first-order valence-corrected chi connectivity index (χ1v) is 12.3. The van der Waals surface area contributed by atoms with Gasteiger partial charge in [0, 0.05) is 13.0 Å². The molecule has 2 aromatic carbocycles. The van der Waals surface area contributed by atoms with Gasteiger partial charge in [-0.1, -0.05) is 66.4 Å². The monoisotopic (exact) mass is 510 g/mol. The van der Waals surface area contributed by atoms with Gasteiger partial charge in [-0.3, -0.25) is 24.1 Å². The van der Waals surface area contributed by atoms with Gasteiger partial charge >= 0.3 is 5.97 Å². The van der Waals surface area contributed by atoms with E-state index in [2.05, 4.69) is 0 Å². The van der Waals surface area contributed by atoms with E-state index in [9.17, 15) is 19.2 Å². The van der Waals surface area contributed by atoms with Gasteiger partial charge in [-0.25, -0.2) is 4.90 Å². The van der Waals surface area contributed by atoms with E-state index in [0.29, 0.717) is 26.2 Å². The summed E-state index contributed by atoms with van der Waals surface area (Å²) >= 11 is 7.34. The van der Waals surface area contributed by atoms with E-state index in [1.807, 2.05) is 18.2 Å². The molecule has 34 heavy (non-hydrogen) atoms. The Bertz CT molecular complexity index is 1240. The number of nitrogens with zero attached hydrogens (tertiary/aromatic N) is 2. The van der Waals surface area contributed by atoms with Crippen LogP contribution in [0, 0.1) is 0 Å². The quantitative estimate of drug-likeness (QED) is 0.411. The second-order valence-electron chi connectivity index (χ2n) is 7.35. The largest absolute Gasteiger partial charge is 0.481 e. The molecule has 1 N–H and O–H groups in total. The second kappa shape index (κ2) is 10.4. The molecular formula is C24H18N2O5S3. The van der Waals surface area contributed by atoms with Crippen LogP contribution in [0.5, 0.6) is 0 Å². The van der Waals surface area contributed by atoms with Crippen molar-refractivity contribution in [3.8, 4) is 0 Å². The summed E-state index contributed by atoms with van der Waals surface area (Å²) in [6.45, 7) is 0.269. The Morgan fingerprint density at radius 3 is 2.06 bits per heavy atom. The number of carboxylic acid groups (broad SMARTS) is 1. The third-order valence-corrected chi connectivity index (χ3v) is 7.23. The van der Waals surface area contributed by atoms with Crippen molar-refractivity contribution < 1.29 is 24.3 Å². The molecule has 2 heterocycles. The fourth-order valence-electron chi connectivity index (χ4n) is 3.34. The van der Waals surface area contributed by atoms with Gasteiger partial charge in [-0.2, -0.15) is 0 Å². The normalized spacial score (nSPS) is 18.6. The average Bonchev–Trinajstić information content (AvgIpc) is 3.24. The van der Waals surface area contributed by atoms with Gasteiger partial charge in [-0.05, 0) is 53.6 Å². The van der Waals surface area contributed by atoms with Crippen LogP contribution in [0.2, 0.25) is 0 Å². The summed E-state index contributed by atoms with van der Waals surface area (Å²) in [4.78, 5) is 51.8. The SMILES string of the molecule is O=C(O)CCCN1C(=O)/C(=C/c2ccc(/C=C3/SC(=O)N(c4ccccc4)C3=O)cc2)SC1=S. The minimum Gasteiger partial charge on any atom is -0.481 e. The smallest absolute Gasteiger partial charge is 0.303 e. The Hall–Kier alpha value is -3.21. The van der Waals surface area contributed by atoms with Gasteiger partial charge in [0.15, 0.2) is 0 Å². The van der Waals surface area contributed by atoms with Crippen LogP contribution in [-0.2, 0) is 14.4 Å². The number of carboxylic acids is 1. The minimum absolute atomic E-state index is 0.0252. The number of anilines is 1. The molecule has 0 radical (unpaired) electrons. The lowest BCUT2D eigenvalue weighted by Gasteiger charge is -2.13. The highest BCUT2D eigenvalue weighted by Crippen LogP contribution is 2.36. The van der Waals surface area contributed by atoms with E-state index in [-0.39, 0.29) is 30.0 Å². The van der Waals surface area contributed by atoms with Gasteiger partial charge in [0.25, 0.3) is 17.1 Å². The molecule has 0 aliphatic carbocycles. The summed E-state index contributed by atoms with van der Waals surface area (Å²) in [5.74, 6) is -1.51. The molecule has 0 unspecified atom stereocenters. The van der Waals surface area contributed by atoms with Crippen LogP contribution < -0.4 is 4.90 Å². The number of amides is 3. The van der Waals surface area contributed by atoms with Crippen molar-refractivity contribution in [2.75, 3.05) is 11.4 Å². The molecule has 2 fully saturated rings. The van der Waals surface area contributed by atoms with Crippen LogP contribution in [-0.4, -0.2) is 43.9 Å². The molecule has 0 atom stereocenters. The molecule has 0 bridgehead atoms. The molecule has 0 spiro atoms. The fourth-order valence-corrected chi connectivity index (χ4v) is 5.49. The Labute approximate surface area is 209 Å². The molecule has 3 amide bonds. The van der Waals surface area contributed by atoms with Crippen molar-refractivity contribution in [3.63, 3.8) is 0 Å². The van der Waals surface area contributed by atoms with Crippen molar-refractivity contribution in [2.24, 2.45) is 0 Å². The molecule has 0 saturated carbocycles. The summed E-state index contributed by atoms with van der Waals surface area (Å²) in [6, 6.07) is 16.0. The maximum Gasteiger partial charge on any atom is 0.303 e. The zero-order valence-electron chi connectivity index (χ0n) is 17.7. The first-order chi connectivity index (χ1) is 16.3. The van der Waals surface area contributed by atoms with Gasteiger partial charge in [0.05, 0.1) is 15.5 Å². The third kappa shape index (κ3) is 5.30. The van der Waals surface area contributed by atoms with Crippen molar-refractivity contribution >= 4 is 80.9 Å². The number of thioether (sulfide) groups is 2. The standard InChI is InChI=1S/C24H18N2O5S3/c27-20(28)7-4-12-25-21(29)18(34-24(25)32)13-15-8-10-16(11-9-15)14-19-22(30)26(23(31)33-19)17-5-2-1-3-6-17/h1-3,5-6,8-11,13-14H,4,7,12H2,(H,27,28)/b18-13-,19-14+. The lowest BCUT2D eigenvalue weighted by molar-refractivity contribution is -0.137. The topological polar surface area (TPSA) is 95.0 Å². The highest BCUT2D eigenvalue weighted by atomic mass is 32.2. The zero-order valence-corrected chi connectivity index (χ0v) is 20.1. The van der Waals surface area contributed by atoms with Gasteiger partial charge in [0.1, 0.15) is 4.32 Å². The van der Waals surface area contributed by atoms with E-state index in [4.69, 9.17) is 17.3 Å². The summed E-state index contributed by atoms with van der Waals surface area (Å²) < 4.78 is 0.410. The van der Waals surface area contributed by atoms with E-state index in [1.165, 1.54) is 16.7 Å². The summed E-state index contributed by atoms with van der Waals surface area (Å²) in [7, 11) is 0. The van der Waals surface area contributed by atoms with Crippen molar-refractivity contribution in [1.29, 1.82) is 0 Å². The van der Waals surface area contributed by atoms with E-state index in [1.54, 1.807) is 48.6 Å². The van der Waals surface area contributed by atoms with Crippen molar-refractivity contribution in [3.05, 3.63) is 75.5 Å². The first kappa shape index (κ1) is 23.9. The maximum absolute atomic E-state index is 12.7. The first-order valence-electron chi connectivity index (χ1n) is 10.2. The third-order valence-electron chi connectivity index (χ3n) is 4.99. The number of para-hydroxylation sites is 1. The maximum atomic E-state index is 12.7. The molecule has 2 aromatic rings. The lowest BCUT2D eigenvalue weighted by Crippen LogP contribution is -2.29. The van der Waals surface area contributed by atoms with Crippen LogP contribution in [0.1, 0.15) is 24.0 Å². The molecule has 7 nitrogen and oxygen atoms in total. The molecule has 172 valence electrons. The number of imide groups is 1. The van der Waals surface area contributed by atoms with E-state index >= 15 is 0 Å². The van der Waals surface area contributed by atoms with Crippen LogP contribution in [0.3, 0.4) is 0 Å². The van der Waals surface area contributed by atoms with Crippen LogP contribution in [0.15, 0.2) is 64.4 Å². The van der Waals surface area contributed by atoms with Crippen LogP contribution >= 0.6 is 35.7 Å². The summed E-state index contributed by atoms with van der Waals surface area (Å²) in [5, 5.41) is 8.43. The van der Waals surface area contributed by atoms with Crippen LogP contribution in [0.25, 0.3) is 12.2 Å². The van der Waals surface area contributed by atoms with Gasteiger partial charge in [-0.15, -0.1) is 0 Å². The minimum atomic E-state index is -0.911. The Morgan fingerprint density at radius 2 is 1.47 bits per heavy atom. The molecule has 2 saturated heterocycles. The Morgan fingerprint density at radius 1 is 0.882 bits per heavy atom. The number of hydrogen-bond acceptors (Lipinski definition) is 7. The zero-order chi connectivity index (χ0) is 24.2. The molecular weight excluding hydrogens is 492 g/mol. The summed E-state index contributed by atoms with van der Waals surface area (Å²) in [6.07, 6.45) is 3.70. The Kier molecular flexibility index (Phi) is 7.30. The predicted molar refractivity (Wildman–Crippen MR) is 138 cm³/mol. The molecule has 4 rings (SSSR count). The number of aliphatic carboxylic acids is 1. The molecule has 0 aromatic heterocycles. The van der Waals surface area contributed by atoms with Gasteiger partial charge < -0.3 is 5.11 Å². The van der Waals surface area contributed by atoms with Crippen LogP contribution in [0.4, 0.5) is 10.5 Å². The number of benzene rings is 2. The lowest BCUT2D eigenvalue weighted by atomic mass is 10.1. The highest BCUT2D eigenvalue weighted by Gasteiger charge is 2.36. The number of carbonyl (C=O) groups excluding carboxylic acids is 3.